The fourth-order valence-electron chi connectivity index (χ4n) is 4.94. The van der Waals surface area contributed by atoms with Crippen LogP contribution in [0.4, 0.5) is 5.69 Å². The van der Waals surface area contributed by atoms with Crippen LogP contribution in [0.25, 0.3) is 0 Å². The number of rotatable bonds is 14. The first kappa shape index (κ1) is 32.9. The van der Waals surface area contributed by atoms with Gasteiger partial charge in [-0.15, -0.1) is 0 Å². The lowest BCUT2D eigenvalue weighted by molar-refractivity contribution is -0.141. The summed E-state index contributed by atoms with van der Waals surface area (Å²) in [5, 5.41) is 3.05. The summed E-state index contributed by atoms with van der Waals surface area (Å²) in [5.74, 6) is -0.116. The molecule has 0 aliphatic carbocycles. The quantitative estimate of drug-likeness (QED) is 0.266. The number of carbonyl (C=O) groups excluding carboxylic acids is 2. The van der Waals surface area contributed by atoms with Gasteiger partial charge in [-0.1, -0.05) is 80.6 Å². The third kappa shape index (κ3) is 9.18. The maximum atomic E-state index is 14.0. The molecule has 42 heavy (non-hydrogen) atoms. The maximum absolute atomic E-state index is 14.0. The molecule has 0 aromatic heterocycles. The second kappa shape index (κ2) is 15.0. The van der Waals surface area contributed by atoms with E-state index in [0.717, 1.165) is 27.8 Å². The molecule has 3 aromatic carbocycles. The zero-order valence-electron chi connectivity index (χ0n) is 25.8. The van der Waals surface area contributed by atoms with Crippen LogP contribution >= 0.6 is 0 Å². The van der Waals surface area contributed by atoms with Crippen molar-refractivity contribution in [3.8, 4) is 0 Å². The van der Waals surface area contributed by atoms with Gasteiger partial charge in [0.15, 0.2) is 0 Å². The monoisotopic (exact) mass is 591 g/mol. The highest BCUT2D eigenvalue weighted by molar-refractivity contribution is 7.92. The van der Waals surface area contributed by atoms with Gasteiger partial charge in [0.1, 0.15) is 6.04 Å². The summed E-state index contributed by atoms with van der Waals surface area (Å²) in [7, 11) is -3.57. The predicted molar refractivity (Wildman–Crippen MR) is 171 cm³/mol. The van der Waals surface area contributed by atoms with E-state index in [9.17, 15) is 18.0 Å². The molecule has 0 unspecified atom stereocenters. The predicted octanol–water partition coefficient (Wildman–Crippen LogP) is 5.57. The minimum Gasteiger partial charge on any atom is -0.354 e. The van der Waals surface area contributed by atoms with Crippen LogP contribution in [-0.4, -0.2) is 50.5 Å². The molecule has 226 valence electrons. The average Bonchev–Trinajstić information content (AvgIpc) is 2.94. The molecule has 0 fully saturated rings. The van der Waals surface area contributed by atoms with Crippen molar-refractivity contribution in [2.75, 3.05) is 23.7 Å². The van der Waals surface area contributed by atoms with Crippen molar-refractivity contribution in [1.82, 2.24) is 10.2 Å². The van der Waals surface area contributed by atoms with E-state index in [1.54, 1.807) is 11.0 Å². The SMILES string of the molecule is Cc1ccccc1CN(C(=O)CCCN(c1cccc(C)c1C)S(C)(=O)=O)[C@@H](Cc1ccccc1)C(=O)NCC(C)C. The molecule has 2 amide bonds. The Morgan fingerprint density at radius 1 is 0.857 bits per heavy atom. The van der Waals surface area contributed by atoms with Crippen molar-refractivity contribution in [3.05, 3.63) is 101 Å². The van der Waals surface area contributed by atoms with Crippen molar-refractivity contribution >= 4 is 27.5 Å². The number of sulfonamides is 1. The van der Waals surface area contributed by atoms with Gasteiger partial charge in [0.2, 0.25) is 21.8 Å². The fourth-order valence-corrected chi connectivity index (χ4v) is 5.95. The average molecular weight is 592 g/mol. The van der Waals surface area contributed by atoms with Crippen LogP contribution < -0.4 is 9.62 Å². The van der Waals surface area contributed by atoms with Crippen molar-refractivity contribution < 1.29 is 18.0 Å². The third-order valence-corrected chi connectivity index (χ3v) is 8.73. The molecular formula is C34H45N3O4S. The largest absolute Gasteiger partial charge is 0.354 e. The van der Waals surface area contributed by atoms with Crippen LogP contribution in [0.15, 0.2) is 72.8 Å². The Morgan fingerprint density at radius 3 is 2.14 bits per heavy atom. The van der Waals surface area contributed by atoms with E-state index in [1.807, 2.05) is 101 Å². The van der Waals surface area contributed by atoms with E-state index in [2.05, 4.69) is 5.32 Å². The fraction of sp³-hybridized carbons (Fsp3) is 0.412. The zero-order valence-corrected chi connectivity index (χ0v) is 26.6. The van der Waals surface area contributed by atoms with Gasteiger partial charge in [-0.25, -0.2) is 8.42 Å². The smallest absolute Gasteiger partial charge is 0.243 e. The summed E-state index contributed by atoms with van der Waals surface area (Å²) in [6.07, 6.45) is 1.98. The molecule has 0 saturated heterocycles. The number of aryl methyl sites for hydroxylation is 2. The molecule has 0 saturated carbocycles. The van der Waals surface area contributed by atoms with Gasteiger partial charge >= 0.3 is 0 Å². The summed E-state index contributed by atoms with van der Waals surface area (Å²) < 4.78 is 27.0. The number of hydrogen-bond donors (Lipinski definition) is 1. The first-order chi connectivity index (χ1) is 19.9. The number of nitrogens with zero attached hydrogens (tertiary/aromatic N) is 2. The molecule has 0 radical (unpaired) electrons. The number of benzene rings is 3. The first-order valence-electron chi connectivity index (χ1n) is 14.6. The Balaban J connectivity index is 1.91. The molecule has 3 aromatic rings. The molecule has 8 heteroatoms. The van der Waals surface area contributed by atoms with E-state index in [-0.39, 0.29) is 37.2 Å². The lowest BCUT2D eigenvalue weighted by Crippen LogP contribution is -2.51. The van der Waals surface area contributed by atoms with Crippen LogP contribution in [0.1, 0.15) is 54.5 Å². The third-order valence-electron chi connectivity index (χ3n) is 7.55. The van der Waals surface area contributed by atoms with Crippen LogP contribution in [-0.2, 0) is 32.6 Å². The lowest BCUT2D eigenvalue weighted by Gasteiger charge is -2.32. The number of anilines is 1. The standard InChI is InChI=1S/C34H45N3O4S/c1-25(2)23-35-34(39)32(22-29-16-8-7-9-17-29)36(24-30-18-11-10-14-27(30)4)33(38)20-13-21-37(42(6,40)41)31-19-12-15-26(3)28(31)5/h7-12,14-19,25,32H,13,20-24H2,1-6H3,(H,35,39)/t32-/m0/s1. The topological polar surface area (TPSA) is 86.8 Å². The Kier molecular flexibility index (Phi) is 11.7. The summed E-state index contributed by atoms with van der Waals surface area (Å²) in [6.45, 7) is 10.9. The van der Waals surface area contributed by atoms with Gasteiger partial charge in [0.25, 0.3) is 0 Å². The van der Waals surface area contributed by atoms with Crippen LogP contribution in [0.2, 0.25) is 0 Å². The summed E-state index contributed by atoms with van der Waals surface area (Å²) in [6, 6.07) is 22.4. The molecule has 7 nitrogen and oxygen atoms in total. The van der Waals surface area contributed by atoms with E-state index in [1.165, 1.54) is 10.6 Å². The minimum atomic E-state index is -3.57. The summed E-state index contributed by atoms with van der Waals surface area (Å²) in [4.78, 5) is 29.3. The molecular weight excluding hydrogens is 546 g/mol. The van der Waals surface area contributed by atoms with E-state index >= 15 is 0 Å². The number of carbonyl (C=O) groups is 2. The number of amides is 2. The lowest BCUT2D eigenvalue weighted by atomic mass is 10.0. The number of nitrogens with one attached hydrogen (secondary N) is 1. The molecule has 1 atom stereocenters. The Labute approximate surface area is 252 Å². The molecule has 3 rings (SSSR count). The summed E-state index contributed by atoms with van der Waals surface area (Å²) in [5.41, 5.74) is 5.47. The highest BCUT2D eigenvalue weighted by Gasteiger charge is 2.31. The van der Waals surface area contributed by atoms with Crippen molar-refractivity contribution in [1.29, 1.82) is 0 Å². The molecule has 1 N–H and O–H groups in total. The van der Waals surface area contributed by atoms with Gasteiger partial charge in [-0.05, 0) is 67.0 Å². The Hall–Kier alpha value is -3.65. The second-order valence-corrected chi connectivity index (χ2v) is 13.4. The Morgan fingerprint density at radius 2 is 1.50 bits per heavy atom. The van der Waals surface area contributed by atoms with Crippen LogP contribution in [0.3, 0.4) is 0 Å². The normalized spacial score (nSPS) is 12.2. The molecule has 0 aliphatic heterocycles. The first-order valence-corrected chi connectivity index (χ1v) is 16.4. The Bertz CT molecular complexity index is 1450. The highest BCUT2D eigenvalue weighted by atomic mass is 32.2. The molecule has 0 bridgehead atoms. The van der Waals surface area contributed by atoms with Crippen molar-refractivity contribution in [2.45, 2.75) is 66.5 Å². The molecule has 0 heterocycles. The summed E-state index contributed by atoms with van der Waals surface area (Å²) >= 11 is 0. The van der Waals surface area contributed by atoms with Crippen LogP contribution in [0, 0.1) is 26.7 Å². The molecule has 0 spiro atoms. The maximum Gasteiger partial charge on any atom is 0.243 e. The van der Waals surface area contributed by atoms with Gasteiger partial charge in [0, 0.05) is 32.5 Å². The van der Waals surface area contributed by atoms with Crippen LogP contribution in [0.5, 0.6) is 0 Å². The van der Waals surface area contributed by atoms with Gasteiger partial charge < -0.3 is 10.2 Å². The number of hydrogen-bond acceptors (Lipinski definition) is 4. The van der Waals surface area contributed by atoms with Gasteiger partial charge in [0.05, 0.1) is 11.9 Å². The van der Waals surface area contributed by atoms with Crippen molar-refractivity contribution in [2.24, 2.45) is 5.92 Å². The van der Waals surface area contributed by atoms with Gasteiger partial charge in [-0.3, -0.25) is 13.9 Å². The van der Waals surface area contributed by atoms with E-state index in [0.29, 0.717) is 25.1 Å². The zero-order chi connectivity index (χ0) is 30.9. The second-order valence-electron chi connectivity index (χ2n) is 11.5. The molecule has 0 aliphatic rings. The van der Waals surface area contributed by atoms with E-state index in [4.69, 9.17) is 0 Å². The van der Waals surface area contributed by atoms with Crippen molar-refractivity contribution in [3.63, 3.8) is 0 Å². The van der Waals surface area contributed by atoms with Gasteiger partial charge in [-0.2, -0.15) is 0 Å². The minimum absolute atomic E-state index is 0.103. The van der Waals surface area contributed by atoms with E-state index < -0.39 is 16.1 Å². The highest BCUT2D eigenvalue weighted by Crippen LogP contribution is 2.26.